The predicted molar refractivity (Wildman–Crippen MR) is 28.5 cm³/mol. The van der Waals surface area contributed by atoms with Crippen LogP contribution in [0.25, 0.3) is 0 Å². The molecule has 0 unspecified atom stereocenters. The largest absolute Gasteiger partial charge is 1.00 e. The fraction of sp³-hybridized carbons (Fsp3) is 0.667. The van der Waals surface area contributed by atoms with E-state index in [0.717, 1.165) is 0 Å². The smallest absolute Gasteiger partial charge is 0.549 e. The maximum absolute atomic E-state index is 9.58. The second kappa shape index (κ2) is 5.34. The van der Waals surface area contributed by atoms with Crippen LogP contribution in [-0.4, -0.2) is 9.89 Å². The molecule has 0 saturated carbocycles. The maximum Gasteiger partial charge on any atom is 1.00 e. The summed E-state index contributed by atoms with van der Waals surface area (Å²) >= 11 is 1.77. The summed E-state index contributed by atoms with van der Waals surface area (Å²) in [6, 6.07) is 0. The van der Waals surface area contributed by atoms with Crippen molar-refractivity contribution >= 4 is 28.6 Å². The summed E-state index contributed by atoms with van der Waals surface area (Å²) in [7, 11) is 0. The Kier molecular flexibility index (Phi) is 8.43. The van der Waals surface area contributed by atoms with Gasteiger partial charge < -0.3 is 9.90 Å². The van der Waals surface area contributed by atoms with Gasteiger partial charge in [-0.3, -0.25) is 0 Å². The van der Waals surface area contributed by atoms with E-state index in [9.17, 15) is 9.90 Å². The Morgan fingerprint density at radius 2 is 2.00 bits per heavy atom. The normalized spacial score (nSPS) is 11.7. The molecule has 1 atom stereocenters. The van der Waals surface area contributed by atoms with Crippen molar-refractivity contribution in [1.29, 1.82) is 0 Å². The molecule has 0 fully saturated rings. The molecule has 0 aliphatic carbocycles. The van der Waals surface area contributed by atoms with Gasteiger partial charge >= 0.3 is 29.6 Å². The van der Waals surface area contributed by atoms with Crippen molar-refractivity contribution in [2.45, 2.75) is 10.8 Å². The fourth-order valence-electron chi connectivity index (χ4n) is 0. The van der Waals surface area contributed by atoms with Crippen LogP contribution < -0.4 is 34.7 Å². The van der Waals surface area contributed by atoms with Crippen molar-refractivity contribution in [1.82, 2.24) is 0 Å². The molecule has 4 heteroatoms. The second-order valence-corrected chi connectivity index (χ2v) is 2.80. The van der Waals surface area contributed by atoms with E-state index in [4.69, 9.17) is 0 Å². The van der Waals surface area contributed by atoms with Gasteiger partial charge in [-0.15, -0.1) is 0 Å². The number of hydrogen-bond donors (Lipinski definition) is 0. The summed E-state index contributed by atoms with van der Waals surface area (Å²) in [6.45, 7) is 1.57. The third-order valence-corrected chi connectivity index (χ3v) is 0.833. The first-order valence-corrected chi connectivity index (χ1v) is 2.74. The third kappa shape index (κ3) is 7.20. The van der Waals surface area contributed by atoms with E-state index in [-0.39, 0.29) is 33.5 Å². The molecule has 7 heavy (non-hydrogen) atoms. The van der Waals surface area contributed by atoms with Gasteiger partial charge in [-0.25, -0.2) is 0 Å². The van der Waals surface area contributed by atoms with E-state index in [1.165, 1.54) is 0 Å². The summed E-state index contributed by atoms with van der Waals surface area (Å²) < 4.78 is -0.373. The first-order chi connectivity index (χ1) is 2.64. The van der Waals surface area contributed by atoms with Crippen LogP contribution in [0.2, 0.25) is 0 Å². The molecular weight excluding hydrogens is 218 g/mol. The van der Waals surface area contributed by atoms with Crippen LogP contribution in [-0.2, 0) is 4.79 Å². The Labute approximate surface area is 78.1 Å². The van der Waals surface area contributed by atoms with Crippen LogP contribution in [0.5, 0.6) is 0 Å². The molecule has 0 amide bonds. The molecule has 0 radical (unpaired) electrons. The number of carbonyl (C=O) groups is 1. The minimum Gasteiger partial charge on any atom is -0.549 e. The molecule has 0 saturated heterocycles. The standard InChI is InChI=1S/C3H5IO2.Na/c1-2(4)3(5)6;/h2H,1H3,(H,5,6);/q;+1/p-1/t2-;/m1./s1. The SMILES string of the molecule is C[C@@H](I)C(=O)[O-].[Na+]. The Balaban J connectivity index is 0. The molecule has 0 spiro atoms. The Morgan fingerprint density at radius 1 is 1.86 bits per heavy atom. The van der Waals surface area contributed by atoms with Crippen molar-refractivity contribution < 1.29 is 39.5 Å². The molecule has 2 nitrogen and oxygen atoms in total. The molecular formula is C3H4INaO2. The van der Waals surface area contributed by atoms with E-state index >= 15 is 0 Å². The molecule has 0 aliphatic rings. The van der Waals surface area contributed by atoms with E-state index < -0.39 is 5.97 Å². The first kappa shape index (κ1) is 11.1. The summed E-state index contributed by atoms with van der Waals surface area (Å²) in [5, 5.41) is 9.58. The van der Waals surface area contributed by atoms with Crippen molar-refractivity contribution in [3.8, 4) is 0 Å². The van der Waals surface area contributed by atoms with Crippen molar-refractivity contribution in [2.75, 3.05) is 0 Å². The minimum absolute atomic E-state index is 0. The Bertz CT molecular complexity index is 64.0. The van der Waals surface area contributed by atoms with Crippen LogP contribution in [0.4, 0.5) is 0 Å². The van der Waals surface area contributed by atoms with Gasteiger partial charge in [-0.05, 0) is 6.92 Å². The third-order valence-electron chi connectivity index (χ3n) is 0.325. The van der Waals surface area contributed by atoms with E-state index in [1.54, 1.807) is 29.5 Å². The fourth-order valence-corrected chi connectivity index (χ4v) is 0. The number of carbonyl (C=O) groups excluding carboxylic acids is 1. The zero-order valence-corrected chi connectivity index (χ0v) is 8.43. The van der Waals surface area contributed by atoms with Gasteiger partial charge in [0.15, 0.2) is 0 Å². The number of alkyl halides is 1. The average molecular weight is 222 g/mol. The topological polar surface area (TPSA) is 40.1 Å². The molecule has 0 aromatic heterocycles. The number of halogens is 1. The number of rotatable bonds is 1. The summed E-state index contributed by atoms with van der Waals surface area (Å²) in [5.41, 5.74) is 0. The van der Waals surface area contributed by atoms with Gasteiger partial charge in [0, 0.05) is 3.92 Å². The molecule has 36 valence electrons. The molecule has 0 rings (SSSR count). The molecule has 0 aromatic rings. The van der Waals surface area contributed by atoms with Gasteiger partial charge in [0.1, 0.15) is 0 Å². The van der Waals surface area contributed by atoms with Crippen LogP contribution in [0, 0.1) is 0 Å². The summed E-state index contributed by atoms with van der Waals surface area (Å²) in [5.74, 6) is -1.00. The van der Waals surface area contributed by atoms with Gasteiger partial charge in [0.2, 0.25) is 0 Å². The van der Waals surface area contributed by atoms with Crippen LogP contribution in [0.1, 0.15) is 6.92 Å². The number of carboxylic acid groups (broad SMARTS) is 1. The van der Waals surface area contributed by atoms with E-state index in [2.05, 4.69) is 0 Å². The zero-order valence-electron chi connectivity index (χ0n) is 4.27. The monoisotopic (exact) mass is 222 g/mol. The van der Waals surface area contributed by atoms with Crippen LogP contribution in [0.15, 0.2) is 0 Å². The van der Waals surface area contributed by atoms with Crippen molar-refractivity contribution in [2.24, 2.45) is 0 Å². The van der Waals surface area contributed by atoms with Gasteiger partial charge in [-0.1, -0.05) is 22.6 Å². The average Bonchev–Trinajstić information content (AvgIpc) is 1.36. The van der Waals surface area contributed by atoms with Gasteiger partial charge in [-0.2, -0.15) is 0 Å². The summed E-state index contributed by atoms with van der Waals surface area (Å²) in [4.78, 5) is 9.58. The van der Waals surface area contributed by atoms with E-state index in [1.807, 2.05) is 0 Å². The maximum atomic E-state index is 9.58. The Morgan fingerprint density at radius 3 is 2.00 bits per heavy atom. The number of hydrogen-bond acceptors (Lipinski definition) is 2. The number of aliphatic carboxylic acids is 1. The Hall–Kier alpha value is 1.20. The van der Waals surface area contributed by atoms with Crippen LogP contribution >= 0.6 is 22.6 Å². The molecule has 0 bridgehead atoms. The summed E-state index contributed by atoms with van der Waals surface area (Å²) in [6.07, 6.45) is 0. The molecule has 0 heterocycles. The van der Waals surface area contributed by atoms with E-state index in [0.29, 0.717) is 0 Å². The van der Waals surface area contributed by atoms with Gasteiger partial charge in [0.25, 0.3) is 0 Å². The first-order valence-electron chi connectivity index (χ1n) is 1.49. The van der Waals surface area contributed by atoms with Gasteiger partial charge in [0.05, 0.1) is 5.97 Å². The predicted octanol–water partition coefficient (Wildman–Crippen LogP) is -3.44. The van der Waals surface area contributed by atoms with Crippen LogP contribution in [0.3, 0.4) is 0 Å². The molecule has 0 aliphatic heterocycles. The second-order valence-electron chi connectivity index (χ2n) is 0.935. The minimum atomic E-state index is -1.00. The quantitative estimate of drug-likeness (QED) is 0.263. The zero-order chi connectivity index (χ0) is 5.15. The van der Waals surface area contributed by atoms with Crippen molar-refractivity contribution in [3.63, 3.8) is 0 Å². The number of carboxylic acids is 1. The molecule has 0 N–H and O–H groups in total. The van der Waals surface area contributed by atoms with Crippen molar-refractivity contribution in [3.05, 3.63) is 0 Å². The molecule has 0 aromatic carbocycles.